The molecule has 0 radical (unpaired) electrons. The highest BCUT2D eigenvalue weighted by Crippen LogP contribution is 2.32. The number of benzene rings is 1. The summed E-state index contributed by atoms with van der Waals surface area (Å²) in [5.74, 6) is 0.230. The van der Waals surface area contributed by atoms with Crippen molar-refractivity contribution in [3.63, 3.8) is 0 Å². The number of carbonyl (C=O) groups excluding carboxylic acids is 1. The first kappa shape index (κ1) is 22.7. The van der Waals surface area contributed by atoms with Gasteiger partial charge in [0.15, 0.2) is 0 Å². The third kappa shape index (κ3) is 9.05. The van der Waals surface area contributed by atoms with Gasteiger partial charge in [0.1, 0.15) is 5.75 Å². The summed E-state index contributed by atoms with van der Waals surface area (Å²) in [6.07, 6.45) is 18.8. The molecule has 0 saturated carbocycles. The molecule has 1 aliphatic rings. The van der Waals surface area contributed by atoms with Crippen LogP contribution < -0.4 is 4.74 Å². The lowest BCUT2D eigenvalue weighted by atomic mass is 10.0. The monoisotopic (exact) mass is 386 g/mol. The van der Waals surface area contributed by atoms with Crippen molar-refractivity contribution < 1.29 is 14.3 Å². The van der Waals surface area contributed by atoms with Gasteiger partial charge in [0.2, 0.25) is 0 Å². The summed E-state index contributed by atoms with van der Waals surface area (Å²) in [5.41, 5.74) is 1.06. The fourth-order valence-electron chi connectivity index (χ4n) is 3.78. The highest BCUT2D eigenvalue weighted by Gasteiger charge is 2.37. The van der Waals surface area contributed by atoms with E-state index >= 15 is 0 Å². The van der Waals surface area contributed by atoms with Crippen molar-refractivity contribution in [2.75, 3.05) is 0 Å². The minimum atomic E-state index is -0.408. The molecule has 0 aromatic heterocycles. The third-order valence-corrected chi connectivity index (χ3v) is 5.58. The van der Waals surface area contributed by atoms with E-state index in [1.54, 1.807) is 0 Å². The molecule has 2 rings (SSSR count). The average Bonchev–Trinajstić information content (AvgIpc) is 3.47. The molecule has 1 aromatic carbocycles. The topological polar surface area (TPSA) is 38.8 Å². The molecule has 1 heterocycles. The molecule has 156 valence electrons. The number of para-hydroxylation sites is 1. The molecule has 1 aromatic rings. The standard InChI is InChI=1S/C25H38O3/c1-3-5-6-7-8-9-10-11-12-13-18-23-24(27-23)20-19-21-16-14-15-17-22(21)28-25(26)4-2/h4,14-17,23-24H,2-3,5-13,18-20H2,1H3. The summed E-state index contributed by atoms with van der Waals surface area (Å²) in [7, 11) is 0. The Morgan fingerprint density at radius 1 is 0.964 bits per heavy atom. The SMILES string of the molecule is C=CC(=O)Oc1ccccc1CCC1OC1CCCCCCCCCCCC. The smallest absolute Gasteiger partial charge is 0.335 e. The van der Waals surface area contributed by atoms with E-state index in [1.807, 2.05) is 24.3 Å². The number of aryl methyl sites for hydroxylation is 1. The highest BCUT2D eigenvalue weighted by atomic mass is 16.6. The summed E-state index contributed by atoms with van der Waals surface area (Å²) in [6, 6.07) is 7.73. The Morgan fingerprint density at radius 3 is 2.25 bits per heavy atom. The van der Waals surface area contributed by atoms with E-state index in [2.05, 4.69) is 13.5 Å². The van der Waals surface area contributed by atoms with Gasteiger partial charge in [-0.3, -0.25) is 0 Å². The fraction of sp³-hybridized carbons (Fsp3) is 0.640. The van der Waals surface area contributed by atoms with E-state index < -0.39 is 5.97 Å². The predicted octanol–water partition coefficient (Wildman–Crippen LogP) is 6.79. The molecule has 0 N–H and O–H groups in total. The molecule has 0 bridgehead atoms. The van der Waals surface area contributed by atoms with E-state index in [-0.39, 0.29) is 0 Å². The Bertz CT molecular complexity index is 581. The Labute approximate surface area is 171 Å². The quantitative estimate of drug-likeness (QED) is 0.103. The minimum Gasteiger partial charge on any atom is -0.423 e. The molecule has 1 aliphatic heterocycles. The number of ether oxygens (including phenoxy) is 2. The van der Waals surface area contributed by atoms with Crippen LogP contribution in [0.1, 0.15) is 89.5 Å². The highest BCUT2D eigenvalue weighted by molar-refractivity contribution is 5.83. The van der Waals surface area contributed by atoms with Crippen LogP contribution in [0.25, 0.3) is 0 Å². The first-order valence-electron chi connectivity index (χ1n) is 11.3. The Balaban J connectivity index is 1.50. The summed E-state index contributed by atoms with van der Waals surface area (Å²) in [5, 5.41) is 0. The van der Waals surface area contributed by atoms with Gasteiger partial charge < -0.3 is 9.47 Å². The van der Waals surface area contributed by atoms with Crippen LogP contribution in [0.15, 0.2) is 36.9 Å². The van der Waals surface area contributed by atoms with Gasteiger partial charge in [-0.25, -0.2) is 4.79 Å². The van der Waals surface area contributed by atoms with Crippen LogP contribution in [0, 0.1) is 0 Å². The Hall–Kier alpha value is -1.61. The van der Waals surface area contributed by atoms with Crippen LogP contribution in [-0.2, 0) is 16.0 Å². The third-order valence-electron chi connectivity index (χ3n) is 5.58. The summed E-state index contributed by atoms with van der Waals surface area (Å²) < 4.78 is 11.2. The Kier molecular flexibility index (Phi) is 11.0. The maximum Gasteiger partial charge on any atom is 0.335 e. The van der Waals surface area contributed by atoms with Crippen molar-refractivity contribution >= 4 is 5.97 Å². The van der Waals surface area contributed by atoms with Crippen LogP contribution in [0.5, 0.6) is 5.75 Å². The lowest BCUT2D eigenvalue weighted by Gasteiger charge is -2.07. The molecule has 3 nitrogen and oxygen atoms in total. The number of carbonyl (C=O) groups is 1. The molecule has 3 heteroatoms. The summed E-state index contributed by atoms with van der Waals surface area (Å²) in [6.45, 7) is 5.72. The molecule has 2 atom stereocenters. The second kappa shape index (κ2) is 13.5. The number of epoxide rings is 1. The number of esters is 1. The van der Waals surface area contributed by atoms with Gasteiger partial charge in [0.05, 0.1) is 12.2 Å². The number of hydrogen-bond acceptors (Lipinski definition) is 3. The first-order valence-corrected chi connectivity index (χ1v) is 11.3. The van der Waals surface area contributed by atoms with Gasteiger partial charge in [0, 0.05) is 6.08 Å². The van der Waals surface area contributed by atoms with E-state index in [0.717, 1.165) is 18.4 Å². The normalized spacial score (nSPS) is 18.0. The molecule has 0 aliphatic carbocycles. The molecule has 28 heavy (non-hydrogen) atoms. The lowest BCUT2D eigenvalue weighted by Crippen LogP contribution is -2.06. The first-order chi connectivity index (χ1) is 13.7. The van der Waals surface area contributed by atoms with Crippen molar-refractivity contribution in [2.24, 2.45) is 0 Å². The van der Waals surface area contributed by atoms with Crippen molar-refractivity contribution in [3.05, 3.63) is 42.5 Å². The van der Waals surface area contributed by atoms with Gasteiger partial charge in [-0.2, -0.15) is 0 Å². The van der Waals surface area contributed by atoms with E-state index in [1.165, 1.54) is 76.7 Å². The van der Waals surface area contributed by atoms with E-state index in [4.69, 9.17) is 9.47 Å². The fourth-order valence-corrected chi connectivity index (χ4v) is 3.78. The molecular weight excluding hydrogens is 348 g/mol. The zero-order chi connectivity index (χ0) is 20.0. The van der Waals surface area contributed by atoms with Crippen LogP contribution >= 0.6 is 0 Å². The van der Waals surface area contributed by atoms with E-state index in [0.29, 0.717) is 18.0 Å². The molecule has 0 spiro atoms. The van der Waals surface area contributed by atoms with Crippen LogP contribution in [0.3, 0.4) is 0 Å². The number of rotatable bonds is 16. The van der Waals surface area contributed by atoms with E-state index in [9.17, 15) is 4.79 Å². The number of hydrogen-bond donors (Lipinski definition) is 0. The summed E-state index contributed by atoms with van der Waals surface area (Å²) in [4.78, 5) is 11.4. The van der Waals surface area contributed by atoms with Crippen LogP contribution in [-0.4, -0.2) is 18.2 Å². The number of unbranched alkanes of at least 4 members (excludes halogenated alkanes) is 9. The van der Waals surface area contributed by atoms with Crippen molar-refractivity contribution in [1.29, 1.82) is 0 Å². The Morgan fingerprint density at radius 2 is 1.57 bits per heavy atom. The minimum absolute atomic E-state index is 0.377. The van der Waals surface area contributed by atoms with Crippen molar-refractivity contribution in [3.8, 4) is 5.75 Å². The molecular formula is C25H38O3. The van der Waals surface area contributed by atoms with Gasteiger partial charge >= 0.3 is 5.97 Å². The van der Waals surface area contributed by atoms with Gasteiger partial charge in [-0.15, -0.1) is 0 Å². The maximum absolute atomic E-state index is 11.4. The van der Waals surface area contributed by atoms with Crippen LogP contribution in [0.4, 0.5) is 0 Å². The van der Waals surface area contributed by atoms with Gasteiger partial charge in [-0.05, 0) is 30.9 Å². The zero-order valence-corrected chi connectivity index (χ0v) is 17.7. The molecule has 0 amide bonds. The van der Waals surface area contributed by atoms with Gasteiger partial charge in [-0.1, -0.05) is 95.9 Å². The van der Waals surface area contributed by atoms with Crippen LogP contribution in [0.2, 0.25) is 0 Å². The maximum atomic E-state index is 11.4. The second-order valence-corrected chi connectivity index (χ2v) is 7.96. The molecule has 1 saturated heterocycles. The lowest BCUT2D eigenvalue weighted by molar-refractivity contribution is -0.129. The van der Waals surface area contributed by atoms with Crippen molar-refractivity contribution in [2.45, 2.75) is 103 Å². The summed E-state index contributed by atoms with van der Waals surface area (Å²) >= 11 is 0. The predicted molar refractivity (Wildman–Crippen MR) is 116 cm³/mol. The molecule has 2 unspecified atom stereocenters. The average molecular weight is 387 g/mol. The van der Waals surface area contributed by atoms with Gasteiger partial charge in [0.25, 0.3) is 0 Å². The van der Waals surface area contributed by atoms with Crippen molar-refractivity contribution in [1.82, 2.24) is 0 Å². The second-order valence-electron chi connectivity index (χ2n) is 7.96. The molecule has 1 fully saturated rings. The largest absolute Gasteiger partial charge is 0.423 e. The zero-order valence-electron chi connectivity index (χ0n) is 17.7.